The number of rotatable bonds is 17. The number of aryl methyl sites for hydroxylation is 1. The second-order valence-electron chi connectivity index (χ2n) is 11.2. The lowest BCUT2D eigenvalue weighted by molar-refractivity contribution is -0.318. The molecule has 0 N–H and O–H groups in total. The fraction of sp³-hybridized carbons (Fsp3) is 0.625. The van der Waals surface area contributed by atoms with Gasteiger partial charge >= 0.3 is 12.1 Å². The molecule has 0 spiro atoms. The predicted molar refractivity (Wildman–Crippen MR) is 147 cm³/mol. The van der Waals surface area contributed by atoms with Crippen molar-refractivity contribution in [1.29, 1.82) is 0 Å². The smallest absolute Gasteiger partial charge is 0.425 e. The number of carbonyl (C=O) groups is 2. The lowest BCUT2D eigenvalue weighted by Gasteiger charge is -2.35. The van der Waals surface area contributed by atoms with Crippen molar-refractivity contribution < 1.29 is 37.0 Å². The molecule has 2 unspecified atom stereocenters. The molecule has 0 radical (unpaired) electrons. The molecule has 0 saturated carbocycles. The summed E-state index contributed by atoms with van der Waals surface area (Å²) in [5, 5.41) is 11.9. The van der Waals surface area contributed by atoms with Gasteiger partial charge in [0.15, 0.2) is 11.5 Å². The van der Waals surface area contributed by atoms with Crippen LogP contribution < -0.4 is 5.11 Å². The minimum absolute atomic E-state index is 0.113. The van der Waals surface area contributed by atoms with Crippen LogP contribution in [0.2, 0.25) is 0 Å². The summed E-state index contributed by atoms with van der Waals surface area (Å²) in [5.41, 5.74) is -0.960. The second kappa shape index (κ2) is 16.0. The first-order valence-corrected chi connectivity index (χ1v) is 14.6. The molecule has 0 saturated heterocycles. The SMILES string of the molecule is CCCCCCCCCCc1ccc(C2=C[C@@H](F)C(C(=O)[O-])(C(=O)OC(CCCC(C)C)C(F)(F)F)C=C2)cc1. The van der Waals surface area contributed by atoms with Crippen molar-refractivity contribution in [1.82, 2.24) is 0 Å². The first kappa shape index (κ1) is 33.6. The topological polar surface area (TPSA) is 66.4 Å². The molecule has 8 heteroatoms. The third kappa shape index (κ3) is 9.77. The van der Waals surface area contributed by atoms with E-state index in [1.165, 1.54) is 44.6 Å². The van der Waals surface area contributed by atoms with Gasteiger partial charge in [0.05, 0.1) is 5.97 Å². The Labute approximate surface area is 235 Å². The number of allylic oxidation sites excluding steroid dienone is 3. The van der Waals surface area contributed by atoms with Crippen molar-refractivity contribution >= 4 is 17.5 Å². The van der Waals surface area contributed by atoms with E-state index in [1.807, 2.05) is 26.0 Å². The monoisotopic (exact) mass is 567 g/mol. The summed E-state index contributed by atoms with van der Waals surface area (Å²) in [6, 6.07) is 7.39. The molecule has 0 fully saturated rings. The summed E-state index contributed by atoms with van der Waals surface area (Å²) < 4.78 is 60.5. The third-order valence-electron chi connectivity index (χ3n) is 7.43. The van der Waals surface area contributed by atoms with E-state index in [2.05, 4.69) is 11.7 Å². The first-order chi connectivity index (χ1) is 18.9. The van der Waals surface area contributed by atoms with Gasteiger partial charge in [-0.2, -0.15) is 13.2 Å². The van der Waals surface area contributed by atoms with Crippen LogP contribution in [0.3, 0.4) is 0 Å². The van der Waals surface area contributed by atoms with E-state index in [9.17, 15) is 27.9 Å². The number of hydrogen-bond donors (Lipinski definition) is 0. The zero-order chi connectivity index (χ0) is 29.8. The van der Waals surface area contributed by atoms with Crippen molar-refractivity contribution in [3.8, 4) is 0 Å². The van der Waals surface area contributed by atoms with Crippen LogP contribution in [-0.2, 0) is 20.7 Å². The predicted octanol–water partition coefficient (Wildman–Crippen LogP) is 7.70. The van der Waals surface area contributed by atoms with Gasteiger partial charge < -0.3 is 14.6 Å². The van der Waals surface area contributed by atoms with Crippen LogP contribution in [-0.4, -0.2) is 30.4 Å². The van der Waals surface area contributed by atoms with Crippen LogP contribution in [0.5, 0.6) is 0 Å². The largest absolute Gasteiger partial charge is 0.548 e. The highest BCUT2D eigenvalue weighted by Gasteiger charge is 2.52. The molecule has 40 heavy (non-hydrogen) atoms. The lowest BCUT2D eigenvalue weighted by Crippen LogP contribution is -2.55. The number of aliphatic carboxylic acids is 1. The van der Waals surface area contributed by atoms with Gasteiger partial charge in [-0.1, -0.05) is 109 Å². The van der Waals surface area contributed by atoms with E-state index in [1.54, 1.807) is 12.1 Å². The molecule has 224 valence electrons. The van der Waals surface area contributed by atoms with Gasteiger partial charge in [0.1, 0.15) is 6.17 Å². The highest BCUT2D eigenvalue weighted by molar-refractivity contribution is 6.03. The number of alkyl halides is 4. The quantitative estimate of drug-likeness (QED) is 0.0838. The van der Waals surface area contributed by atoms with E-state index < -0.39 is 42.2 Å². The van der Waals surface area contributed by atoms with E-state index in [0.717, 1.165) is 37.0 Å². The molecule has 2 rings (SSSR count). The summed E-state index contributed by atoms with van der Waals surface area (Å²) in [6.07, 6.45) is 3.70. The third-order valence-corrected chi connectivity index (χ3v) is 7.43. The Hall–Kier alpha value is -2.64. The minimum Gasteiger partial charge on any atom is -0.548 e. The molecule has 0 aromatic heterocycles. The molecule has 3 atom stereocenters. The van der Waals surface area contributed by atoms with Crippen LogP contribution in [0.25, 0.3) is 5.57 Å². The van der Waals surface area contributed by atoms with Gasteiger partial charge in [0.2, 0.25) is 0 Å². The first-order valence-electron chi connectivity index (χ1n) is 14.6. The zero-order valence-corrected chi connectivity index (χ0v) is 23.9. The molecule has 1 aliphatic carbocycles. The fourth-order valence-corrected chi connectivity index (χ4v) is 4.85. The summed E-state index contributed by atoms with van der Waals surface area (Å²) in [7, 11) is 0. The fourth-order valence-electron chi connectivity index (χ4n) is 4.85. The summed E-state index contributed by atoms with van der Waals surface area (Å²) in [4.78, 5) is 24.7. The average molecular weight is 568 g/mol. The van der Waals surface area contributed by atoms with Gasteiger partial charge in [-0.3, -0.25) is 4.79 Å². The number of unbranched alkanes of at least 4 members (excludes halogenated alkanes) is 7. The van der Waals surface area contributed by atoms with Crippen molar-refractivity contribution in [3.63, 3.8) is 0 Å². The van der Waals surface area contributed by atoms with Gasteiger partial charge in [-0.15, -0.1) is 0 Å². The van der Waals surface area contributed by atoms with Crippen LogP contribution in [0, 0.1) is 11.3 Å². The average Bonchev–Trinajstić information content (AvgIpc) is 2.89. The molecule has 0 aliphatic heterocycles. The molecule has 4 nitrogen and oxygen atoms in total. The molecule has 0 bridgehead atoms. The van der Waals surface area contributed by atoms with Gasteiger partial charge in [0, 0.05) is 0 Å². The minimum atomic E-state index is -4.92. The number of carboxylic acid groups (broad SMARTS) is 1. The number of carbonyl (C=O) groups excluding carboxylic acids is 2. The van der Waals surface area contributed by atoms with E-state index in [4.69, 9.17) is 0 Å². The maximum atomic E-state index is 15.3. The lowest BCUT2D eigenvalue weighted by atomic mass is 9.77. The van der Waals surface area contributed by atoms with Crippen molar-refractivity contribution in [3.05, 3.63) is 53.6 Å². The Morgan fingerprint density at radius 3 is 2.08 bits per heavy atom. The molecule has 0 amide bonds. The number of ether oxygens (including phenoxy) is 1. The number of esters is 1. The van der Waals surface area contributed by atoms with Crippen LogP contribution >= 0.6 is 0 Å². The maximum absolute atomic E-state index is 15.3. The van der Waals surface area contributed by atoms with E-state index >= 15 is 4.39 Å². The summed E-state index contributed by atoms with van der Waals surface area (Å²) in [6.45, 7) is 5.88. The van der Waals surface area contributed by atoms with Gasteiger partial charge in [-0.25, -0.2) is 4.39 Å². The van der Waals surface area contributed by atoms with E-state index in [-0.39, 0.29) is 12.3 Å². The van der Waals surface area contributed by atoms with Crippen LogP contribution in [0.1, 0.15) is 103 Å². The Balaban J connectivity index is 2.03. The Morgan fingerprint density at radius 1 is 0.950 bits per heavy atom. The summed E-state index contributed by atoms with van der Waals surface area (Å²) in [5.74, 6) is -3.84. The van der Waals surface area contributed by atoms with Crippen molar-refractivity contribution in [2.24, 2.45) is 11.3 Å². The highest BCUT2D eigenvalue weighted by atomic mass is 19.4. The number of halogens is 4. The zero-order valence-electron chi connectivity index (χ0n) is 23.9. The molecular weight excluding hydrogens is 524 g/mol. The standard InChI is InChI=1S/C32H44F4O4/c1-4-5-6-7-8-9-10-11-14-24-16-18-25(19-17-24)26-20-21-31(29(37)38,27(33)22-26)30(39)40-28(32(34,35)36)15-12-13-23(2)3/h16-23,27-28H,4-15H2,1-3H3,(H,37,38)/p-1/t27-,28?,31?/m1/s1. The second-order valence-corrected chi connectivity index (χ2v) is 11.2. The molecule has 0 heterocycles. The van der Waals surface area contributed by atoms with Gasteiger partial charge in [-0.05, 0) is 54.4 Å². The van der Waals surface area contributed by atoms with Crippen molar-refractivity contribution in [2.45, 2.75) is 116 Å². The Morgan fingerprint density at radius 2 is 1.55 bits per heavy atom. The number of carboxylic acids is 1. The number of hydrogen-bond acceptors (Lipinski definition) is 4. The normalized spacial score (nSPS) is 19.9. The number of benzene rings is 1. The van der Waals surface area contributed by atoms with Crippen molar-refractivity contribution in [2.75, 3.05) is 0 Å². The highest BCUT2D eigenvalue weighted by Crippen LogP contribution is 2.39. The van der Waals surface area contributed by atoms with E-state index in [0.29, 0.717) is 17.6 Å². The van der Waals surface area contributed by atoms with Crippen LogP contribution in [0.4, 0.5) is 17.6 Å². The maximum Gasteiger partial charge on any atom is 0.425 e. The molecular formula is C32H43F4O4-. The Kier molecular flexibility index (Phi) is 13.4. The molecule has 1 aromatic carbocycles. The van der Waals surface area contributed by atoms with Gasteiger partial charge in [0.25, 0.3) is 0 Å². The van der Waals surface area contributed by atoms with Crippen LogP contribution in [0.15, 0.2) is 42.5 Å². The molecule has 1 aliphatic rings. The summed E-state index contributed by atoms with van der Waals surface area (Å²) >= 11 is 0. The molecule has 1 aromatic rings. The Bertz CT molecular complexity index is 997.